The molecule has 1 fully saturated rings. The minimum Gasteiger partial charge on any atom is -0.330 e. The van der Waals surface area contributed by atoms with Gasteiger partial charge in [-0.05, 0) is 62.3 Å². The number of para-hydroxylation sites is 2. The van der Waals surface area contributed by atoms with Crippen molar-refractivity contribution in [3.63, 3.8) is 0 Å². The number of halogens is 1. The van der Waals surface area contributed by atoms with Crippen molar-refractivity contribution in [3.05, 3.63) is 64.9 Å². The molecule has 0 saturated carbocycles. The number of likely N-dealkylation sites (tertiary alicyclic amines) is 1. The van der Waals surface area contributed by atoms with Crippen LogP contribution < -0.4 is 5.32 Å². The highest BCUT2D eigenvalue weighted by atomic mass is 35.5. The number of Topliss-reactive ketones (excluding diaryl/α,β-unsaturated/α-hetero) is 1. The van der Waals surface area contributed by atoms with Gasteiger partial charge in [-0.2, -0.15) is 0 Å². The Hall–Kier alpha value is -2.21. The van der Waals surface area contributed by atoms with Gasteiger partial charge in [0.2, 0.25) is 0 Å². The number of ketones is 1. The summed E-state index contributed by atoms with van der Waals surface area (Å²) in [5.74, 6) is 1.43. The summed E-state index contributed by atoms with van der Waals surface area (Å²) in [6.07, 6.45) is 1.85. The van der Waals surface area contributed by atoms with Gasteiger partial charge in [-0.1, -0.05) is 23.7 Å². The molecule has 6 heteroatoms. The molecule has 3 aromatic rings. The maximum atomic E-state index is 12.7. The van der Waals surface area contributed by atoms with Crippen molar-refractivity contribution in [2.24, 2.45) is 13.0 Å². The van der Waals surface area contributed by atoms with E-state index in [1.165, 1.54) is 0 Å². The summed E-state index contributed by atoms with van der Waals surface area (Å²) < 4.78 is 2.15. The maximum Gasteiger partial charge on any atom is 0.166 e. The SMILES string of the molecule is Cn1c(CNCCN2CCC(C(=O)c3ccc(Cl)cc3)CC2)nc2ccccc21. The summed E-state index contributed by atoms with van der Waals surface area (Å²) in [7, 11) is 2.06. The van der Waals surface area contributed by atoms with Gasteiger partial charge in [0, 0.05) is 36.6 Å². The first-order valence-corrected chi connectivity index (χ1v) is 10.6. The maximum absolute atomic E-state index is 12.7. The van der Waals surface area contributed by atoms with E-state index in [2.05, 4.69) is 27.9 Å². The van der Waals surface area contributed by atoms with Crippen molar-refractivity contribution in [1.29, 1.82) is 0 Å². The third kappa shape index (κ3) is 4.69. The summed E-state index contributed by atoms with van der Waals surface area (Å²) in [5.41, 5.74) is 2.98. The summed E-state index contributed by atoms with van der Waals surface area (Å²) in [6, 6.07) is 15.5. The highest BCUT2D eigenvalue weighted by Crippen LogP contribution is 2.22. The van der Waals surface area contributed by atoms with Gasteiger partial charge >= 0.3 is 0 Å². The second kappa shape index (κ2) is 9.08. The fourth-order valence-electron chi connectivity index (χ4n) is 4.06. The summed E-state index contributed by atoms with van der Waals surface area (Å²) in [5, 5.41) is 4.18. The molecular weight excluding hydrogens is 384 g/mol. The van der Waals surface area contributed by atoms with Crippen molar-refractivity contribution >= 4 is 28.4 Å². The second-order valence-corrected chi connectivity index (χ2v) is 8.18. The number of rotatable bonds is 7. The molecule has 0 atom stereocenters. The van der Waals surface area contributed by atoms with Crippen molar-refractivity contribution in [3.8, 4) is 0 Å². The Morgan fingerprint density at radius 2 is 1.86 bits per heavy atom. The number of hydrogen-bond donors (Lipinski definition) is 1. The van der Waals surface area contributed by atoms with Crippen molar-refractivity contribution in [1.82, 2.24) is 19.8 Å². The zero-order valence-electron chi connectivity index (χ0n) is 16.8. The molecule has 1 aromatic heterocycles. The fraction of sp³-hybridized carbons (Fsp3) is 0.391. The van der Waals surface area contributed by atoms with Gasteiger partial charge in [-0.15, -0.1) is 0 Å². The molecule has 29 heavy (non-hydrogen) atoms. The highest BCUT2D eigenvalue weighted by molar-refractivity contribution is 6.30. The van der Waals surface area contributed by atoms with Crippen molar-refractivity contribution < 1.29 is 4.79 Å². The number of nitrogens with zero attached hydrogens (tertiary/aromatic N) is 3. The molecule has 4 rings (SSSR count). The van der Waals surface area contributed by atoms with Crippen LogP contribution in [0, 0.1) is 5.92 Å². The molecular formula is C23H27ClN4O. The van der Waals surface area contributed by atoms with E-state index in [-0.39, 0.29) is 11.7 Å². The number of aromatic nitrogens is 2. The largest absolute Gasteiger partial charge is 0.330 e. The van der Waals surface area contributed by atoms with Crippen LogP contribution in [-0.4, -0.2) is 46.4 Å². The standard InChI is InChI=1S/C23H27ClN4O/c1-27-21-5-3-2-4-20(21)26-22(27)16-25-12-15-28-13-10-18(11-14-28)23(29)17-6-8-19(24)9-7-17/h2-9,18,25H,10-16H2,1H3. The molecule has 0 amide bonds. The molecule has 5 nitrogen and oxygen atoms in total. The van der Waals surface area contributed by atoms with Crippen LogP contribution in [0.3, 0.4) is 0 Å². The third-order valence-corrected chi connectivity index (χ3v) is 6.11. The van der Waals surface area contributed by atoms with Crippen LogP contribution in [0.2, 0.25) is 5.02 Å². The molecule has 2 aromatic carbocycles. The van der Waals surface area contributed by atoms with Gasteiger partial charge in [0.15, 0.2) is 5.78 Å². The van der Waals surface area contributed by atoms with E-state index in [0.717, 1.165) is 68.0 Å². The Balaban J connectivity index is 1.20. The van der Waals surface area contributed by atoms with Gasteiger partial charge in [-0.25, -0.2) is 4.98 Å². The van der Waals surface area contributed by atoms with E-state index >= 15 is 0 Å². The molecule has 0 radical (unpaired) electrons. The van der Waals surface area contributed by atoms with E-state index in [9.17, 15) is 4.79 Å². The first-order chi connectivity index (χ1) is 14.1. The molecule has 2 heterocycles. The first-order valence-electron chi connectivity index (χ1n) is 10.2. The van der Waals surface area contributed by atoms with E-state index in [1.807, 2.05) is 30.3 Å². The first kappa shape index (κ1) is 20.1. The number of carbonyl (C=O) groups excluding carboxylic acids is 1. The van der Waals surface area contributed by atoms with Crippen molar-refractivity contribution in [2.75, 3.05) is 26.2 Å². The Morgan fingerprint density at radius 1 is 1.14 bits per heavy atom. The number of imidazole rings is 1. The van der Waals surface area contributed by atoms with Gasteiger partial charge in [-0.3, -0.25) is 4.79 Å². The van der Waals surface area contributed by atoms with Gasteiger partial charge in [0.05, 0.1) is 17.6 Å². The molecule has 0 unspecified atom stereocenters. The molecule has 0 aliphatic carbocycles. The van der Waals surface area contributed by atoms with Crippen LogP contribution in [0.25, 0.3) is 11.0 Å². The second-order valence-electron chi connectivity index (χ2n) is 7.74. The van der Waals surface area contributed by atoms with Crippen LogP contribution in [0.15, 0.2) is 48.5 Å². The van der Waals surface area contributed by atoms with Crippen molar-refractivity contribution in [2.45, 2.75) is 19.4 Å². The van der Waals surface area contributed by atoms with Crippen LogP contribution in [0.1, 0.15) is 29.0 Å². The number of nitrogens with one attached hydrogen (secondary N) is 1. The zero-order valence-corrected chi connectivity index (χ0v) is 17.5. The fourth-order valence-corrected chi connectivity index (χ4v) is 4.19. The minimum atomic E-state index is 0.125. The van der Waals surface area contributed by atoms with Crippen LogP contribution in [0.4, 0.5) is 0 Å². The summed E-state index contributed by atoms with van der Waals surface area (Å²) in [6.45, 7) is 4.61. The summed E-state index contributed by atoms with van der Waals surface area (Å²) >= 11 is 5.92. The van der Waals surface area contributed by atoms with Crippen LogP contribution >= 0.6 is 11.6 Å². The minimum absolute atomic E-state index is 0.125. The number of carbonyl (C=O) groups is 1. The molecule has 0 bridgehead atoms. The monoisotopic (exact) mass is 410 g/mol. The quantitative estimate of drug-likeness (QED) is 0.474. The average Bonchev–Trinajstić information content (AvgIpc) is 3.07. The average molecular weight is 411 g/mol. The number of piperidine rings is 1. The molecule has 0 spiro atoms. The lowest BCUT2D eigenvalue weighted by Gasteiger charge is -2.31. The predicted molar refractivity (Wildman–Crippen MR) is 117 cm³/mol. The molecule has 1 N–H and O–H groups in total. The summed E-state index contributed by atoms with van der Waals surface area (Å²) in [4.78, 5) is 19.8. The number of fused-ring (bicyclic) bond motifs is 1. The van der Waals surface area contributed by atoms with Crippen LogP contribution in [0.5, 0.6) is 0 Å². The van der Waals surface area contributed by atoms with Crippen LogP contribution in [-0.2, 0) is 13.6 Å². The lowest BCUT2D eigenvalue weighted by molar-refractivity contribution is 0.0841. The lowest BCUT2D eigenvalue weighted by Crippen LogP contribution is -2.40. The molecule has 1 aliphatic heterocycles. The van der Waals surface area contributed by atoms with Gasteiger partial charge in [0.25, 0.3) is 0 Å². The molecule has 1 aliphatic rings. The smallest absolute Gasteiger partial charge is 0.166 e. The third-order valence-electron chi connectivity index (χ3n) is 5.85. The lowest BCUT2D eigenvalue weighted by atomic mass is 9.89. The Labute approximate surface area is 176 Å². The molecule has 152 valence electrons. The van der Waals surface area contributed by atoms with Gasteiger partial charge < -0.3 is 14.8 Å². The number of benzene rings is 2. The normalized spacial score (nSPS) is 15.8. The van der Waals surface area contributed by atoms with E-state index in [4.69, 9.17) is 16.6 Å². The zero-order chi connectivity index (χ0) is 20.2. The topological polar surface area (TPSA) is 50.2 Å². The van der Waals surface area contributed by atoms with Gasteiger partial charge in [0.1, 0.15) is 5.82 Å². The number of aryl methyl sites for hydroxylation is 1. The molecule has 1 saturated heterocycles. The highest BCUT2D eigenvalue weighted by Gasteiger charge is 2.25. The Bertz CT molecular complexity index is 974. The number of hydrogen-bond acceptors (Lipinski definition) is 4. The Kier molecular flexibility index (Phi) is 6.28. The van der Waals surface area contributed by atoms with E-state index in [1.54, 1.807) is 12.1 Å². The Morgan fingerprint density at radius 3 is 2.59 bits per heavy atom. The predicted octanol–water partition coefficient (Wildman–Crippen LogP) is 3.91. The van der Waals surface area contributed by atoms with E-state index in [0.29, 0.717) is 5.02 Å². The van der Waals surface area contributed by atoms with E-state index < -0.39 is 0 Å².